The molecule has 0 aliphatic heterocycles. The van der Waals surface area contributed by atoms with Gasteiger partial charge in [-0.3, -0.25) is 0 Å². The molecule has 0 unspecified atom stereocenters. The second-order valence-electron chi connectivity index (χ2n) is 3.46. The minimum Gasteiger partial charge on any atom is -0.241 e. The van der Waals surface area contributed by atoms with Crippen molar-refractivity contribution >= 4 is 12.6 Å². The highest BCUT2D eigenvalue weighted by Gasteiger charge is 2.08. The van der Waals surface area contributed by atoms with Crippen LogP contribution >= 0.6 is 12.6 Å². The number of hydrogen-bond donors (Lipinski definition) is 1. The fourth-order valence-electron chi connectivity index (χ4n) is 1.46. The smallest absolute Gasteiger partial charge is 0.132 e. The number of hydrogen-bond acceptors (Lipinski definition) is 3. The summed E-state index contributed by atoms with van der Waals surface area (Å²) < 4.78 is 26.6. The molecule has 0 bridgehead atoms. The summed E-state index contributed by atoms with van der Waals surface area (Å²) in [5.74, 6) is 0.188. The molecule has 88 valence electrons. The van der Waals surface area contributed by atoms with Gasteiger partial charge in [0.05, 0.1) is 5.69 Å². The standard InChI is InChI=1S/C12H10F2N2S/c13-8-1-2-10(14)9(7-8)11-3-5-15-12(16-11)4-6-17/h1-3,5,7,17H,4,6H2. The van der Waals surface area contributed by atoms with Crippen LogP contribution in [0.5, 0.6) is 0 Å². The van der Waals surface area contributed by atoms with Crippen LogP contribution < -0.4 is 0 Å². The molecule has 0 aliphatic carbocycles. The first-order valence-corrected chi connectivity index (χ1v) is 5.72. The van der Waals surface area contributed by atoms with E-state index in [9.17, 15) is 8.78 Å². The van der Waals surface area contributed by atoms with E-state index in [1.807, 2.05) is 0 Å². The number of benzene rings is 1. The van der Waals surface area contributed by atoms with Crippen molar-refractivity contribution in [2.75, 3.05) is 5.75 Å². The Morgan fingerprint density at radius 2 is 2.00 bits per heavy atom. The average molecular weight is 252 g/mol. The van der Waals surface area contributed by atoms with Crippen LogP contribution in [0.15, 0.2) is 30.5 Å². The largest absolute Gasteiger partial charge is 0.241 e. The molecule has 2 aromatic rings. The summed E-state index contributed by atoms with van der Waals surface area (Å²) in [4.78, 5) is 8.20. The highest BCUT2D eigenvalue weighted by Crippen LogP contribution is 2.21. The Bertz CT molecular complexity index is 532. The summed E-state index contributed by atoms with van der Waals surface area (Å²) in [6, 6.07) is 4.85. The van der Waals surface area contributed by atoms with Crippen LogP contribution in [0.25, 0.3) is 11.3 Å². The van der Waals surface area contributed by atoms with E-state index < -0.39 is 11.6 Å². The number of aryl methyl sites for hydroxylation is 1. The molecule has 17 heavy (non-hydrogen) atoms. The lowest BCUT2D eigenvalue weighted by molar-refractivity contribution is 0.602. The Labute approximate surface area is 103 Å². The Hall–Kier alpha value is -1.49. The molecule has 0 aliphatic rings. The van der Waals surface area contributed by atoms with E-state index in [1.165, 1.54) is 6.20 Å². The minimum absolute atomic E-state index is 0.146. The molecule has 1 aromatic carbocycles. The normalized spacial score (nSPS) is 10.5. The van der Waals surface area contributed by atoms with Crippen molar-refractivity contribution in [1.29, 1.82) is 0 Å². The first-order valence-electron chi connectivity index (χ1n) is 5.09. The quantitative estimate of drug-likeness (QED) is 0.850. The van der Waals surface area contributed by atoms with Crippen molar-refractivity contribution in [2.45, 2.75) is 6.42 Å². The highest BCUT2D eigenvalue weighted by molar-refractivity contribution is 7.80. The molecule has 0 amide bonds. The highest BCUT2D eigenvalue weighted by atomic mass is 32.1. The molecule has 2 nitrogen and oxygen atoms in total. The van der Waals surface area contributed by atoms with Crippen molar-refractivity contribution in [1.82, 2.24) is 9.97 Å². The van der Waals surface area contributed by atoms with Gasteiger partial charge in [-0.05, 0) is 30.0 Å². The number of thiol groups is 1. The third-order valence-corrected chi connectivity index (χ3v) is 2.47. The van der Waals surface area contributed by atoms with Gasteiger partial charge in [-0.15, -0.1) is 0 Å². The molecule has 1 aromatic heterocycles. The van der Waals surface area contributed by atoms with Crippen molar-refractivity contribution in [3.05, 3.63) is 47.9 Å². The summed E-state index contributed by atoms with van der Waals surface area (Å²) in [6.45, 7) is 0. The van der Waals surface area contributed by atoms with Crippen LogP contribution in [0.4, 0.5) is 8.78 Å². The Balaban J connectivity index is 2.45. The maximum atomic E-state index is 13.5. The predicted molar refractivity (Wildman–Crippen MR) is 64.9 cm³/mol. The molecular formula is C12H10F2N2S. The van der Waals surface area contributed by atoms with Gasteiger partial charge >= 0.3 is 0 Å². The average Bonchev–Trinajstić information content (AvgIpc) is 2.33. The molecule has 0 spiro atoms. The van der Waals surface area contributed by atoms with E-state index in [0.717, 1.165) is 18.2 Å². The summed E-state index contributed by atoms with van der Waals surface area (Å²) in [6.07, 6.45) is 2.12. The predicted octanol–water partition coefficient (Wildman–Crippen LogP) is 2.89. The maximum Gasteiger partial charge on any atom is 0.132 e. The summed E-state index contributed by atoms with van der Waals surface area (Å²) in [7, 11) is 0. The molecule has 2 rings (SSSR count). The molecule has 0 atom stereocenters. The third-order valence-electron chi connectivity index (χ3n) is 2.25. The van der Waals surface area contributed by atoms with Crippen LogP contribution in [0.1, 0.15) is 5.82 Å². The number of halogens is 2. The van der Waals surface area contributed by atoms with E-state index >= 15 is 0 Å². The van der Waals surface area contributed by atoms with Gasteiger partial charge < -0.3 is 0 Å². The lowest BCUT2D eigenvalue weighted by Gasteiger charge is -2.04. The molecule has 5 heteroatoms. The fourth-order valence-corrected chi connectivity index (χ4v) is 1.66. The van der Waals surface area contributed by atoms with Crippen LogP contribution in [0, 0.1) is 11.6 Å². The van der Waals surface area contributed by atoms with Crippen molar-refractivity contribution in [3.63, 3.8) is 0 Å². The van der Waals surface area contributed by atoms with Gasteiger partial charge in [0.25, 0.3) is 0 Å². The van der Waals surface area contributed by atoms with Gasteiger partial charge in [-0.1, -0.05) is 0 Å². The fraction of sp³-hybridized carbons (Fsp3) is 0.167. The third kappa shape index (κ3) is 2.79. The monoisotopic (exact) mass is 252 g/mol. The lowest BCUT2D eigenvalue weighted by atomic mass is 10.1. The molecule has 0 saturated carbocycles. The van der Waals surface area contributed by atoms with E-state index in [1.54, 1.807) is 6.07 Å². The van der Waals surface area contributed by atoms with Gasteiger partial charge in [-0.2, -0.15) is 12.6 Å². The van der Waals surface area contributed by atoms with E-state index in [0.29, 0.717) is 23.7 Å². The van der Waals surface area contributed by atoms with Gasteiger partial charge in [0.1, 0.15) is 17.5 Å². The SMILES string of the molecule is Fc1ccc(F)c(-c2ccnc(CCS)n2)c1. The molecular weight excluding hydrogens is 242 g/mol. The number of rotatable bonds is 3. The van der Waals surface area contributed by atoms with Gasteiger partial charge in [0, 0.05) is 18.2 Å². The first-order chi connectivity index (χ1) is 8.20. The van der Waals surface area contributed by atoms with Crippen LogP contribution in [0.2, 0.25) is 0 Å². The zero-order valence-electron chi connectivity index (χ0n) is 8.90. The van der Waals surface area contributed by atoms with E-state index in [4.69, 9.17) is 0 Å². The van der Waals surface area contributed by atoms with Crippen LogP contribution in [-0.2, 0) is 6.42 Å². The molecule has 0 fully saturated rings. The summed E-state index contributed by atoms with van der Waals surface area (Å²) >= 11 is 4.08. The van der Waals surface area contributed by atoms with Crippen molar-refractivity contribution in [3.8, 4) is 11.3 Å². The Morgan fingerprint density at radius 1 is 1.18 bits per heavy atom. The molecule has 0 N–H and O–H groups in total. The van der Waals surface area contributed by atoms with Gasteiger partial charge in [0.2, 0.25) is 0 Å². The van der Waals surface area contributed by atoms with E-state index in [2.05, 4.69) is 22.6 Å². The molecule has 0 radical (unpaired) electrons. The molecule has 1 heterocycles. The lowest BCUT2D eigenvalue weighted by Crippen LogP contribution is -1.98. The van der Waals surface area contributed by atoms with E-state index in [-0.39, 0.29) is 5.56 Å². The van der Waals surface area contributed by atoms with Gasteiger partial charge in [-0.25, -0.2) is 18.7 Å². The van der Waals surface area contributed by atoms with Crippen molar-refractivity contribution in [2.24, 2.45) is 0 Å². The number of nitrogens with zero attached hydrogens (tertiary/aromatic N) is 2. The van der Waals surface area contributed by atoms with Gasteiger partial charge in [0.15, 0.2) is 0 Å². The second kappa shape index (κ2) is 5.23. The zero-order valence-corrected chi connectivity index (χ0v) is 9.79. The Morgan fingerprint density at radius 3 is 2.76 bits per heavy atom. The number of aromatic nitrogens is 2. The summed E-state index contributed by atoms with van der Waals surface area (Å²) in [5.41, 5.74) is 0.529. The first kappa shape index (κ1) is 12.0. The van der Waals surface area contributed by atoms with Crippen LogP contribution in [0.3, 0.4) is 0 Å². The maximum absolute atomic E-state index is 13.5. The zero-order chi connectivity index (χ0) is 12.3. The van der Waals surface area contributed by atoms with Crippen molar-refractivity contribution < 1.29 is 8.78 Å². The topological polar surface area (TPSA) is 25.8 Å². The summed E-state index contributed by atoms with van der Waals surface area (Å²) in [5, 5.41) is 0. The minimum atomic E-state index is -0.498. The second-order valence-corrected chi connectivity index (χ2v) is 3.90. The molecule has 0 saturated heterocycles. The van der Waals surface area contributed by atoms with Crippen LogP contribution in [-0.4, -0.2) is 15.7 Å². The Kier molecular flexibility index (Phi) is 3.68.